The lowest BCUT2D eigenvalue weighted by atomic mass is 9.99. The molecule has 0 saturated carbocycles. The molecule has 1 aromatic rings. The van der Waals surface area contributed by atoms with E-state index in [-0.39, 0.29) is 24.4 Å². The molecule has 2 atom stereocenters. The van der Waals surface area contributed by atoms with Gasteiger partial charge in [0.15, 0.2) is 0 Å². The maximum Gasteiger partial charge on any atom is 0.250 e. The Bertz CT molecular complexity index is 604. The first kappa shape index (κ1) is 17.6. The lowest BCUT2D eigenvalue weighted by molar-refractivity contribution is -0.118. The summed E-state index contributed by atoms with van der Waals surface area (Å²) < 4.78 is 10.9. The Morgan fingerprint density at radius 1 is 1.43 bits per heavy atom. The fourth-order valence-electron chi connectivity index (χ4n) is 2.95. The molecule has 126 valence electrons. The predicted molar refractivity (Wildman–Crippen MR) is 92.3 cm³/mol. The Balaban J connectivity index is 0.00000192. The van der Waals surface area contributed by atoms with Crippen molar-refractivity contribution in [2.75, 3.05) is 20.3 Å². The largest absolute Gasteiger partial charge is 0.497 e. The van der Waals surface area contributed by atoms with Crippen LogP contribution in [-0.4, -0.2) is 38.3 Å². The molecule has 23 heavy (non-hydrogen) atoms. The Hall–Kier alpha value is -1.72. The summed E-state index contributed by atoms with van der Waals surface area (Å²) in [6, 6.07) is 6.29. The van der Waals surface area contributed by atoms with Gasteiger partial charge in [0, 0.05) is 17.6 Å². The molecular weight excluding hydrogens is 316 g/mol. The smallest absolute Gasteiger partial charge is 0.250 e. The number of carbonyl (C=O) groups is 1. The van der Waals surface area contributed by atoms with Gasteiger partial charge in [0.25, 0.3) is 5.91 Å². The zero-order chi connectivity index (χ0) is 15.5. The van der Waals surface area contributed by atoms with Gasteiger partial charge in [0.2, 0.25) is 0 Å². The van der Waals surface area contributed by atoms with Gasteiger partial charge in [0.05, 0.1) is 12.7 Å². The van der Waals surface area contributed by atoms with E-state index in [9.17, 15) is 4.79 Å². The molecule has 2 aliphatic rings. The summed E-state index contributed by atoms with van der Waals surface area (Å²) in [5, 5.41) is 6.51. The lowest BCUT2D eigenvalue weighted by Crippen LogP contribution is -2.47. The second kappa shape index (κ2) is 7.70. The van der Waals surface area contributed by atoms with Gasteiger partial charge in [-0.3, -0.25) is 4.79 Å². The Labute approximate surface area is 142 Å². The van der Waals surface area contributed by atoms with E-state index in [2.05, 4.69) is 17.6 Å². The van der Waals surface area contributed by atoms with E-state index in [1.807, 2.05) is 24.3 Å². The van der Waals surface area contributed by atoms with Gasteiger partial charge in [-0.2, -0.15) is 0 Å². The SMILES string of the molecule is COc1ccc2c(c1)C=C(C(=O)NC1CCNC(C)C1)CO2.Cl. The third-order valence-electron chi connectivity index (χ3n) is 4.18. The fraction of sp³-hybridized carbons (Fsp3) is 0.471. The van der Waals surface area contributed by atoms with E-state index < -0.39 is 0 Å². The number of halogens is 1. The first-order valence-electron chi connectivity index (χ1n) is 7.71. The summed E-state index contributed by atoms with van der Waals surface area (Å²) in [7, 11) is 1.63. The van der Waals surface area contributed by atoms with Crippen LogP contribution in [0.5, 0.6) is 11.5 Å². The highest BCUT2D eigenvalue weighted by Crippen LogP contribution is 2.30. The normalized spacial score (nSPS) is 22.8. The average molecular weight is 339 g/mol. The van der Waals surface area contributed by atoms with Crippen LogP contribution in [0.3, 0.4) is 0 Å². The number of carbonyl (C=O) groups excluding carboxylic acids is 1. The van der Waals surface area contributed by atoms with Crippen molar-refractivity contribution >= 4 is 24.4 Å². The third kappa shape index (κ3) is 4.18. The van der Waals surface area contributed by atoms with Crippen LogP contribution >= 0.6 is 12.4 Å². The molecular formula is C17H23ClN2O3. The first-order valence-corrected chi connectivity index (χ1v) is 7.71. The van der Waals surface area contributed by atoms with E-state index in [0.717, 1.165) is 36.4 Å². The number of amides is 1. The molecule has 5 nitrogen and oxygen atoms in total. The third-order valence-corrected chi connectivity index (χ3v) is 4.18. The number of nitrogens with one attached hydrogen (secondary N) is 2. The number of rotatable bonds is 3. The molecule has 0 spiro atoms. The lowest BCUT2D eigenvalue weighted by Gasteiger charge is -2.29. The zero-order valence-corrected chi connectivity index (χ0v) is 14.2. The number of benzene rings is 1. The van der Waals surface area contributed by atoms with Crippen molar-refractivity contribution in [1.29, 1.82) is 0 Å². The molecule has 0 aromatic heterocycles. The fourth-order valence-corrected chi connectivity index (χ4v) is 2.95. The number of methoxy groups -OCH3 is 1. The van der Waals surface area contributed by atoms with Gasteiger partial charge < -0.3 is 20.1 Å². The van der Waals surface area contributed by atoms with Gasteiger partial charge in [-0.1, -0.05) is 0 Å². The average Bonchev–Trinajstić information content (AvgIpc) is 2.53. The van der Waals surface area contributed by atoms with Gasteiger partial charge in [-0.25, -0.2) is 0 Å². The highest BCUT2D eigenvalue weighted by molar-refractivity contribution is 5.99. The molecule has 1 saturated heterocycles. The molecule has 0 radical (unpaired) electrons. The molecule has 0 aliphatic carbocycles. The number of hydrogen-bond acceptors (Lipinski definition) is 4. The van der Waals surface area contributed by atoms with Crippen LogP contribution < -0.4 is 20.1 Å². The number of ether oxygens (including phenoxy) is 2. The van der Waals surface area contributed by atoms with Crippen LogP contribution in [0.1, 0.15) is 25.3 Å². The van der Waals surface area contributed by atoms with Gasteiger partial charge in [-0.15, -0.1) is 12.4 Å². The maximum atomic E-state index is 12.4. The monoisotopic (exact) mass is 338 g/mol. The van der Waals surface area contributed by atoms with E-state index >= 15 is 0 Å². The maximum absolute atomic E-state index is 12.4. The summed E-state index contributed by atoms with van der Waals surface area (Å²) in [4.78, 5) is 12.4. The molecule has 6 heteroatoms. The van der Waals surface area contributed by atoms with Crippen molar-refractivity contribution < 1.29 is 14.3 Å². The molecule has 2 unspecified atom stereocenters. The quantitative estimate of drug-likeness (QED) is 0.886. The highest BCUT2D eigenvalue weighted by Gasteiger charge is 2.23. The van der Waals surface area contributed by atoms with E-state index in [1.165, 1.54) is 0 Å². The zero-order valence-electron chi connectivity index (χ0n) is 13.4. The van der Waals surface area contributed by atoms with Crippen molar-refractivity contribution in [3.63, 3.8) is 0 Å². The van der Waals surface area contributed by atoms with Crippen LogP contribution in [0.2, 0.25) is 0 Å². The van der Waals surface area contributed by atoms with E-state index in [1.54, 1.807) is 7.11 Å². The molecule has 1 amide bonds. The number of fused-ring (bicyclic) bond motifs is 1. The second-order valence-corrected chi connectivity index (χ2v) is 5.91. The molecule has 2 N–H and O–H groups in total. The highest BCUT2D eigenvalue weighted by atomic mass is 35.5. The molecule has 3 rings (SSSR count). The minimum absolute atomic E-state index is 0. The van der Waals surface area contributed by atoms with Crippen LogP contribution in [0.15, 0.2) is 23.8 Å². The summed E-state index contributed by atoms with van der Waals surface area (Å²) in [5.41, 5.74) is 1.54. The molecule has 1 fully saturated rings. The summed E-state index contributed by atoms with van der Waals surface area (Å²) in [6.07, 6.45) is 3.82. The first-order chi connectivity index (χ1) is 10.7. The van der Waals surface area contributed by atoms with Crippen LogP contribution in [0.25, 0.3) is 6.08 Å². The standard InChI is InChI=1S/C17H22N2O3.ClH/c1-11-7-14(5-6-18-11)19-17(20)13-8-12-9-15(21-2)3-4-16(12)22-10-13;/h3-4,8-9,11,14,18H,5-7,10H2,1-2H3,(H,19,20);1H. The van der Waals surface area contributed by atoms with E-state index in [0.29, 0.717) is 18.2 Å². The van der Waals surface area contributed by atoms with Crippen LogP contribution in [0, 0.1) is 0 Å². The molecule has 2 aliphatic heterocycles. The minimum atomic E-state index is -0.0347. The van der Waals surface area contributed by atoms with Crippen molar-refractivity contribution in [1.82, 2.24) is 10.6 Å². The Morgan fingerprint density at radius 3 is 3.00 bits per heavy atom. The summed E-state index contributed by atoms with van der Waals surface area (Å²) in [6.45, 7) is 3.40. The topological polar surface area (TPSA) is 59.6 Å². The van der Waals surface area contributed by atoms with E-state index in [4.69, 9.17) is 9.47 Å². The molecule has 1 aromatic carbocycles. The minimum Gasteiger partial charge on any atom is -0.497 e. The summed E-state index contributed by atoms with van der Waals surface area (Å²) in [5.74, 6) is 1.51. The van der Waals surface area contributed by atoms with Crippen LogP contribution in [0.4, 0.5) is 0 Å². The van der Waals surface area contributed by atoms with Crippen LogP contribution in [-0.2, 0) is 4.79 Å². The van der Waals surface area contributed by atoms with Crippen molar-refractivity contribution in [2.45, 2.75) is 31.8 Å². The molecule has 2 heterocycles. The van der Waals surface area contributed by atoms with Gasteiger partial charge in [-0.05, 0) is 50.6 Å². The van der Waals surface area contributed by atoms with Gasteiger partial charge in [0.1, 0.15) is 18.1 Å². The van der Waals surface area contributed by atoms with Crippen molar-refractivity contribution in [3.8, 4) is 11.5 Å². The number of piperidine rings is 1. The molecule has 0 bridgehead atoms. The Kier molecular flexibility index (Phi) is 5.91. The Morgan fingerprint density at radius 2 is 2.26 bits per heavy atom. The predicted octanol–water partition coefficient (Wildman–Crippen LogP) is 2.15. The second-order valence-electron chi connectivity index (χ2n) is 5.91. The number of hydrogen-bond donors (Lipinski definition) is 2. The summed E-state index contributed by atoms with van der Waals surface area (Å²) >= 11 is 0. The van der Waals surface area contributed by atoms with Gasteiger partial charge >= 0.3 is 0 Å². The van der Waals surface area contributed by atoms with Crippen molar-refractivity contribution in [3.05, 3.63) is 29.3 Å². The van der Waals surface area contributed by atoms with Crippen molar-refractivity contribution in [2.24, 2.45) is 0 Å².